The van der Waals surface area contributed by atoms with Crippen LogP contribution in [-0.4, -0.2) is 20.4 Å². The molecule has 0 bridgehead atoms. The van der Waals surface area contributed by atoms with Gasteiger partial charge in [-0.3, -0.25) is 9.52 Å². The van der Waals surface area contributed by atoms with Crippen LogP contribution in [0.4, 0.5) is 18.9 Å². The largest absolute Gasteiger partial charge is 0.417 e. The van der Waals surface area contributed by atoms with Gasteiger partial charge in [0.25, 0.3) is 15.9 Å². The van der Waals surface area contributed by atoms with E-state index in [0.29, 0.717) is 6.07 Å². The normalized spacial score (nSPS) is 14.7. The van der Waals surface area contributed by atoms with Gasteiger partial charge in [-0.05, 0) is 49.2 Å². The highest BCUT2D eigenvalue weighted by atomic mass is 35.5. The number of sulfonamides is 1. The maximum atomic E-state index is 13.0. The van der Waals surface area contributed by atoms with Gasteiger partial charge in [0.1, 0.15) is 0 Å². The van der Waals surface area contributed by atoms with Crippen LogP contribution >= 0.6 is 11.6 Å². The Morgan fingerprint density at radius 3 is 2.44 bits per heavy atom. The van der Waals surface area contributed by atoms with Gasteiger partial charge >= 0.3 is 6.18 Å². The van der Waals surface area contributed by atoms with Gasteiger partial charge in [-0.25, -0.2) is 8.42 Å². The summed E-state index contributed by atoms with van der Waals surface area (Å²) >= 11 is 5.51. The molecule has 10 heteroatoms. The molecule has 2 N–H and O–H groups in total. The fourth-order valence-electron chi connectivity index (χ4n) is 2.32. The van der Waals surface area contributed by atoms with Gasteiger partial charge in [-0.2, -0.15) is 13.2 Å². The number of halogens is 4. The molecule has 1 fully saturated rings. The van der Waals surface area contributed by atoms with E-state index in [-0.39, 0.29) is 23.2 Å². The molecule has 0 atom stereocenters. The lowest BCUT2D eigenvalue weighted by atomic mass is 10.2. The number of carbonyl (C=O) groups excluding carboxylic acids is 1. The maximum absolute atomic E-state index is 13.0. The smallest absolute Gasteiger partial charge is 0.349 e. The van der Waals surface area contributed by atoms with Crippen LogP contribution < -0.4 is 10.0 Å². The predicted molar refractivity (Wildman–Crippen MR) is 94.2 cm³/mol. The Labute approximate surface area is 158 Å². The van der Waals surface area contributed by atoms with Crippen molar-refractivity contribution in [2.45, 2.75) is 30.0 Å². The minimum Gasteiger partial charge on any atom is -0.349 e. The Morgan fingerprint density at radius 2 is 1.81 bits per heavy atom. The summed E-state index contributed by atoms with van der Waals surface area (Å²) in [6, 6.07) is 8.15. The van der Waals surface area contributed by atoms with Crippen LogP contribution in [0.2, 0.25) is 5.02 Å². The zero-order valence-electron chi connectivity index (χ0n) is 13.7. The minimum absolute atomic E-state index is 0.0574. The molecule has 1 saturated carbocycles. The molecule has 2 aromatic carbocycles. The molecule has 5 nitrogen and oxygen atoms in total. The Hall–Kier alpha value is -2.26. The highest BCUT2D eigenvalue weighted by Gasteiger charge is 2.34. The predicted octanol–water partition coefficient (Wildman–Crippen LogP) is 4.05. The van der Waals surface area contributed by atoms with Crippen LogP contribution in [0, 0.1) is 0 Å². The Morgan fingerprint density at radius 1 is 1.11 bits per heavy atom. The lowest BCUT2D eigenvalue weighted by molar-refractivity contribution is -0.137. The molecule has 3 rings (SSSR count). The van der Waals surface area contributed by atoms with Crippen molar-refractivity contribution in [3.05, 3.63) is 58.6 Å². The summed E-state index contributed by atoms with van der Waals surface area (Å²) in [5.74, 6) is -0.343. The van der Waals surface area contributed by atoms with Crippen LogP contribution in [0.3, 0.4) is 0 Å². The van der Waals surface area contributed by atoms with E-state index in [4.69, 9.17) is 11.6 Å². The SMILES string of the molecule is O=C(NC1CC1)c1cccc(NS(=O)(=O)c2ccc(Cl)c(C(F)(F)F)c2)c1. The molecule has 1 amide bonds. The fourth-order valence-corrected chi connectivity index (χ4v) is 3.62. The van der Waals surface area contributed by atoms with E-state index in [2.05, 4.69) is 10.0 Å². The highest BCUT2D eigenvalue weighted by Crippen LogP contribution is 2.36. The molecule has 2 aromatic rings. The zero-order chi connectivity index (χ0) is 19.8. The molecule has 27 heavy (non-hydrogen) atoms. The Bertz CT molecular complexity index is 989. The van der Waals surface area contributed by atoms with Crippen molar-refractivity contribution in [3.8, 4) is 0 Å². The van der Waals surface area contributed by atoms with Crippen LogP contribution in [0.1, 0.15) is 28.8 Å². The van der Waals surface area contributed by atoms with Crippen molar-refractivity contribution in [1.29, 1.82) is 0 Å². The van der Waals surface area contributed by atoms with Crippen molar-refractivity contribution in [2.24, 2.45) is 0 Å². The first-order chi connectivity index (χ1) is 12.6. The van der Waals surface area contributed by atoms with Gasteiger partial charge in [-0.15, -0.1) is 0 Å². The molecule has 0 unspecified atom stereocenters. The van der Waals surface area contributed by atoms with Crippen molar-refractivity contribution < 1.29 is 26.4 Å². The van der Waals surface area contributed by atoms with Crippen molar-refractivity contribution in [3.63, 3.8) is 0 Å². The molecule has 0 aliphatic heterocycles. The zero-order valence-corrected chi connectivity index (χ0v) is 15.3. The summed E-state index contributed by atoms with van der Waals surface area (Å²) in [7, 11) is -4.31. The van der Waals surface area contributed by atoms with Crippen molar-refractivity contribution >= 4 is 33.2 Å². The topological polar surface area (TPSA) is 75.3 Å². The Kier molecular flexibility index (Phi) is 5.09. The molecular formula is C17H14ClF3N2O3S. The summed E-state index contributed by atoms with van der Waals surface area (Å²) < 4.78 is 65.9. The summed E-state index contributed by atoms with van der Waals surface area (Å²) in [5, 5.41) is 2.17. The number of hydrogen-bond acceptors (Lipinski definition) is 3. The molecule has 0 spiro atoms. The summed E-state index contributed by atoms with van der Waals surface area (Å²) in [4.78, 5) is 11.5. The van der Waals surface area contributed by atoms with Crippen LogP contribution in [0.15, 0.2) is 47.4 Å². The first-order valence-corrected chi connectivity index (χ1v) is 9.73. The monoisotopic (exact) mass is 418 g/mol. The average molecular weight is 419 g/mol. The molecule has 1 aliphatic carbocycles. The van der Waals surface area contributed by atoms with Crippen molar-refractivity contribution in [2.75, 3.05) is 4.72 Å². The van der Waals surface area contributed by atoms with E-state index >= 15 is 0 Å². The molecule has 0 heterocycles. The van der Waals surface area contributed by atoms with Gasteiger partial charge in [0, 0.05) is 17.3 Å². The van der Waals surface area contributed by atoms with E-state index in [1.54, 1.807) is 0 Å². The van der Waals surface area contributed by atoms with E-state index in [1.165, 1.54) is 24.3 Å². The van der Waals surface area contributed by atoms with Gasteiger partial charge in [0.15, 0.2) is 0 Å². The first kappa shape index (κ1) is 19.5. The number of hydrogen-bond donors (Lipinski definition) is 2. The third-order valence-electron chi connectivity index (χ3n) is 3.84. The molecule has 144 valence electrons. The molecule has 1 aliphatic rings. The van der Waals surface area contributed by atoms with E-state index in [9.17, 15) is 26.4 Å². The number of amides is 1. The first-order valence-electron chi connectivity index (χ1n) is 7.87. The second-order valence-corrected chi connectivity index (χ2v) is 8.16. The van der Waals surface area contributed by atoms with E-state index in [0.717, 1.165) is 25.0 Å². The quantitative estimate of drug-likeness (QED) is 0.769. The van der Waals surface area contributed by atoms with Crippen LogP contribution in [0.25, 0.3) is 0 Å². The molecule has 0 saturated heterocycles. The summed E-state index contributed by atoms with van der Waals surface area (Å²) in [5.41, 5.74) is -0.944. The second kappa shape index (κ2) is 7.05. The number of nitrogens with one attached hydrogen (secondary N) is 2. The molecule has 0 radical (unpaired) electrons. The molecule has 0 aromatic heterocycles. The molecular weight excluding hydrogens is 405 g/mol. The van der Waals surface area contributed by atoms with Gasteiger partial charge in [0.2, 0.25) is 0 Å². The minimum atomic E-state index is -4.79. The second-order valence-electron chi connectivity index (χ2n) is 6.07. The van der Waals surface area contributed by atoms with Gasteiger partial charge in [0.05, 0.1) is 15.5 Å². The highest BCUT2D eigenvalue weighted by molar-refractivity contribution is 7.92. The van der Waals surface area contributed by atoms with Crippen molar-refractivity contribution in [1.82, 2.24) is 5.32 Å². The number of alkyl halides is 3. The summed E-state index contributed by atoms with van der Waals surface area (Å²) in [6.45, 7) is 0. The van der Waals surface area contributed by atoms with E-state index < -0.39 is 31.7 Å². The average Bonchev–Trinajstić information content (AvgIpc) is 3.37. The lowest BCUT2D eigenvalue weighted by Crippen LogP contribution is -2.25. The van der Waals surface area contributed by atoms with Gasteiger partial charge < -0.3 is 5.32 Å². The third kappa shape index (κ3) is 4.72. The Balaban J connectivity index is 1.85. The van der Waals surface area contributed by atoms with Crippen LogP contribution in [0.5, 0.6) is 0 Å². The fraction of sp³-hybridized carbons (Fsp3) is 0.235. The summed E-state index contributed by atoms with van der Waals surface area (Å²) in [6.07, 6.45) is -2.99. The number of rotatable bonds is 5. The number of anilines is 1. The van der Waals surface area contributed by atoms with Gasteiger partial charge in [-0.1, -0.05) is 17.7 Å². The number of benzene rings is 2. The van der Waals surface area contributed by atoms with Crippen LogP contribution in [-0.2, 0) is 16.2 Å². The maximum Gasteiger partial charge on any atom is 0.417 e. The standard InChI is InChI=1S/C17H14ClF3N2O3S/c18-15-7-6-13(9-14(15)17(19,20)21)27(25,26)23-12-3-1-2-10(8-12)16(24)22-11-4-5-11/h1-3,6-9,11,23H,4-5H2,(H,22,24). The number of carbonyl (C=O) groups is 1. The van der Waals surface area contributed by atoms with E-state index in [1.807, 2.05) is 0 Å². The third-order valence-corrected chi connectivity index (χ3v) is 5.55. The lowest BCUT2D eigenvalue weighted by Gasteiger charge is -2.13.